The lowest BCUT2D eigenvalue weighted by molar-refractivity contribution is -0.881. The van der Waals surface area contributed by atoms with Gasteiger partial charge in [-0.05, 0) is 19.3 Å². The number of unbranched alkanes of at least 4 members (excludes halogenated alkanes) is 20. The first-order valence-corrected chi connectivity index (χ1v) is 17.6. The van der Waals surface area contributed by atoms with Gasteiger partial charge in [0.25, 0.3) is 0 Å². The molecule has 0 radical (unpaired) electrons. The van der Waals surface area contributed by atoms with Gasteiger partial charge in [0, 0.05) is 6.61 Å². The van der Waals surface area contributed by atoms with E-state index >= 15 is 0 Å². The van der Waals surface area contributed by atoms with Gasteiger partial charge in [0.2, 0.25) is 0 Å². The van der Waals surface area contributed by atoms with Crippen LogP contribution in [0.3, 0.4) is 0 Å². The Morgan fingerprint density at radius 3 is 1.12 bits per heavy atom. The highest BCUT2D eigenvalue weighted by atomic mass is 16.6. The molecule has 0 aromatic rings. The van der Waals surface area contributed by atoms with Gasteiger partial charge < -0.3 is 34.7 Å². The van der Waals surface area contributed by atoms with E-state index in [9.17, 15) is 10.4 Å². The second kappa shape index (κ2) is 32.6. The van der Waals surface area contributed by atoms with E-state index in [1.807, 2.05) is 0 Å². The first-order valence-electron chi connectivity index (χ1n) is 17.6. The monoisotopic (exact) mass is 591 g/mol. The molecular formula is C34H74N2O5. The molecule has 0 saturated heterocycles. The van der Waals surface area contributed by atoms with E-state index in [0.717, 1.165) is 25.9 Å². The molecule has 0 bridgehead atoms. The Morgan fingerprint density at radius 2 is 0.780 bits per heavy atom. The van der Waals surface area contributed by atoms with Crippen molar-refractivity contribution < 1.29 is 24.2 Å². The lowest BCUT2D eigenvalue weighted by Gasteiger charge is -2.42. The maximum Gasteiger partial charge on any atom is 0.102 e. The van der Waals surface area contributed by atoms with Gasteiger partial charge in [-0.1, -0.05) is 136 Å². The van der Waals surface area contributed by atoms with Gasteiger partial charge in [-0.2, -0.15) is 0 Å². The molecule has 0 spiro atoms. The highest BCUT2D eigenvalue weighted by molar-refractivity contribution is 4.51. The summed E-state index contributed by atoms with van der Waals surface area (Å²) in [6, 6.07) is 0. The summed E-state index contributed by atoms with van der Waals surface area (Å²) in [6.45, 7) is 7.23. The van der Waals surface area contributed by atoms with E-state index in [2.05, 4.69) is 13.8 Å². The summed E-state index contributed by atoms with van der Waals surface area (Å²) in [5.74, 6) is 0. The average Bonchev–Trinajstić information content (AvgIpc) is 2.92. The van der Waals surface area contributed by atoms with Crippen LogP contribution < -0.4 is 0 Å². The van der Waals surface area contributed by atoms with E-state index in [0.29, 0.717) is 19.7 Å². The Kier molecular flexibility index (Phi) is 34.1. The Labute approximate surface area is 256 Å². The van der Waals surface area contributed by atoms with Crippen LogP contribution in [-0.2, 0) is 4.74 Å². The van der Waals surface area contributed by atoms with Crippen LogP contribution in [0, 0.1) is 10.4 Å². The Hall–Kier alpha value is -0.280. The Balaban J connectivity index is 0. The SMILES string of the molecule is CCCCCCCCCCCCCC[N+]([O-])(CCO)CCO.CCCCCCCCCCCCOCC[N+](C)(C)[O-]. The fraction of sp³-hybridized carbons (Fsp3) is 1.00. The van der Waals surface area contributed by atoms with Crippen LogP contribution in [0.1, 0.15) is 155 Å². The van der Waals surface area contributed by atoms with Gasteiger partial charge in [-0.15, -0.1) is 0 Å². The van der Waals surface area contributed by atoms with Crippen LogP contribution in [0.2, 0.25) is 0 Å². The predicted molar refractivity (Wildman–Crippen MR) is 176 cm³/mol. The van der Waals surface area contributed by atoms with Crippen molar-refractivity contribution in [2.24, 2.45) is 0 Å². The fourth-order valence-corrected chi connectivity index (χ4v) is 5.02. The molecular weight excluding hydrogens is 516 g/mol. The standard InChI is InChI=1S/C18H39NO3.C16H35NO2/c1-2-3-4-5-6-7-8-9-10-11-12-13-14-19(22,15-17-20)16-18-21;1-4-5-6-7-8-9-10-11-12-13-15-19-16-14-17(2,3)18/h20-21H,2-18H2,1H3;4-16H2,1-3H3. The summed E-state index contributed by atoms with van der Waals surface area (Å²) in [5, 5.41) is 41.3. The normalized spacial score (nSPS) is 12.0. The molecule has 0 aliphatic rings. The van der Waals surface area contributed by atoms with Crippen LogP contribution in [0.25, 0.3) is 0 Å². The van der Waals surface area contributed by atoms with Crippen molar-refractivity contribution in [1.29, 1.82) is 0 Å². The van der Waals surface area contributed by atoms with Crippen LogP contribution >= 0.6 is 0 Å². The van der Waals surface area contributed by atoms with Gasteiger partial charge in [0.05, 0.1) is 40.5 Å². The van der Waals surface area contributed by atoms with E-state index in [1.54, 1.807) is 14.1 Å². The lowest BCUT2D eigenvalue weighted by atomic mass is 10.1. The number of hydrogen-bond acceptors (Lipinski definition) is 5. The number of likely N-dealkylation sites (N-methyl/N-ethyl adjacent to an activating group) is 1. The van der Waals surface area contributed by atoms with Crippen molar-refractivity contribution in [3.63, 3.8) is 0 Å². The summed E-state index contributed by atoms with van der Waals surface area (Å²) in [7, 11) is 3.31. The zero-order valence-corrected chi connectivity index (χ0v) is 28.2. The van der Waals surface area contributed by atoms with Crippen molar-refractivity contribution in [3.8, 4) is 0 Å². The molecule has 250 valence electrons. The second-order valence-electron chi connectivity index (χ2n) is 12.7. The second-order valence-corrected chi connectivity index (χ2v) is 12.7. The van der Waals surface area contributed by atoms with Crippen molar-refractivity contribution >= 4 is 0 Å². The van der Waals surface area contributed by atoms with E-state index < -0.39 is 4.65 Å². The minimum Gasteiger partial charge on any atom is -0.633 e. The van der Waals surface area contributed by atoms with Crippen LogP contribution in [0.5, 0.6) is 0 Å². The minimum atomic E-state index is -0.440. The van der Waals surface area contributed by atoms with Crippen molar-refractivity contribution in [2.75, 3.05) is 66.7 Å². The molecule has 7 nitrogen and oxygen atoms in total. The summed E-state index contributed by atoms with van der Waals surface area (Å²) in [5.41, 5.74) is 0. The molecule has 41 heavy (non-hydrogen) atoms. The predicted octanol–water partition coefficient (Wildman–Crippen LogP) is 8.48. The van der Waals surface area contributed by atoms with Gasteiger partial charge in [-0.3, -0.25) is 0 Å². The minimum absolute atomic E-state index is 0.0955. The Morgan fingerprint density at radius 1 is 0.439 bits per heavy atom. The molecule has 0 rings (SSSR count). The number of hydrogen-bond donors (Lipinski definition) is 2. The highest BCUT2D eigenvalue weighted by Gasteiger charge is 2.14. The molecule has 0 amide bonds. The largest absolute Gasteiger partial charge is 0.633 e. The van der Waals surface area contributed by atoms with E-state index in [-0.39, 0.29) is 30.9 Å². The quantitative estimate of drug-likeness (QED) is 0.0479. The van der Waals surface area contributed by atoms with Gasteiger partial charge >= 0.3 is 0 Å². The summed E-state index contributed by atoms with van der Waals surface area (Å²) >= 11 is 0. The number of aliphatic hydroxyl groups excluding tert-OH is 2. The van der Waals surface area contributed by atoms with Crippen LogP contribution in [-0.4, -0.2) is 86.2 Å². The third-order valence-electron chi connectivity index (χ3n) is 7.85. The van der Waals surface area contributed by atoms with Crippen molar-refractivity contribution in [3.05, 3.63) is 10.4 Å². The zero-order chi connectivity index (χ0) is 30.9. The summed E-state index contributed by atoms with van der Waals surface area (Å²) < 4.78 is 4.77. The number of hydroxylamine groups is 6. The summed E-state index contributed by atoms with van der Waals surface area (Å²) in [4.78, 5) is 0. The molecule has 0 saturated carbocycles. The first-order chi connectivity index (χ1) is 19.7. The molecule has 2 N–H and O–H groups in total. The van der Waals surface area contributed by atoms with E-state index in [4.69, 9.17) is 14.9 Å². The highest BCUT2D eigenvalue weighted by Crippen LogP contribution is 2.14. The maximum absolute atomic E-state index is 12.2. The third-order valence-corrected chi connectivity index (χ3v) is 7.85. The third kappa shape index (κ3) is 37.7. The van der Waals surface area contributed by atoms with Crippen molar-refractivity contribution in [1.82, 2.24) is 0 Å². The Bertz CT molecular complexity index is 482. The van der Waals surface area contributed by atoms with Gasteiger partial charge in [0.1, 0.15) is 19.6 Å². The maximum atomic E-state index is 12.2. The summed E-state index contributed by atoms with van der Waals surface area (Å²) in [6.07, 6.45) is 28.9. The molecule has 0 aromatic heterocycles. The smallest absolute Gasteiger partial charge is 0.102 e. The van der Waals surface area contributed by atoms with Crippen LogP contribution in [0.4, 0.5) is 0 Å². The first kappa shape index (κ1) is 42.9. The van der Waals surface area contributed by atoms with Crippen molar-refractivity contribution in [2.45, 2.75) is 155 Å². The molecule has 0 heterocycles. The number of quaternary nitrogens is 2. The molecule has 0 aromatic carbocycles. The van der Waals surface area contributed by atoms with Gasteiger partial charge in [0.15, 0.2) is 0 Å². The fourth-order valence-electron chi connectivity index (χ4n) is 5.02. The molecule has 7 heteroatoms. The molecule has 0 fully saturated rings. The topological polar surface area (TPSA) is 95.8 Å². The molecule has 0 unspecified atom stereocenters. The molecule has 0 aliphatic heterocycles. The number of aliphatic hydroxyl groups is 2. The number of ether oxygens (including phenoxy) is 1. The molecule has 0 aliphatic carbocycles. The van der Waals surface area contributed by atoms with Crippen LogP contribution in [0.15, 0.2) is 0 Å². The molecule has 0 atom stereocenters. The lowest BCUT2D eigenvalue weighted by Crippen LogP contribution is -2.47. The average molecular weight is 591 g/mol. The zero-order valence-electron chi connectivity index (χ0n) is 28.2. The van der Waals surface area contributed by atoms with E-state index in [1.165, 1.54) is 122 Å². The number of nitrogens with zero attached hydrogens (tertiary/aromatic N) is 2. The number of rotatable bonds is 31. The van der Waals surface area contributed by atoms with Gasteiger partial charge in [-0.25, -0.2) is 0 Å².